The standard InChI is InChI=1S/C11H22N2O2/c1-3-4-7-13-8-5-6-12(2)10(9-14)11(13)15/h10,14H,3-9H2,1-2H3. The fraction of sp³-hybridized carbons (Fsp3) is 0.909. The predicted molar refractivity (Wildman–Crippen MR) is 59.6 cm³/mol. The SMILES string of the molecule is CCCCN1CCCN(C)C(CO)C1=O. The molecule has 4 nitrogen and oxygen atoms in total. The Morgan fingerprint density at radius 3 is 2.80 bits per heavy atom. The molecule has 0 aromatic heterocycles. The van der Waals surface area contributed by atoms with Crippen LogP contribution in [0.5, 0.6) is 0 Å². The molecule has 88 valence electrons. The van der Waals surface area contributed by atoms with Crippen LogP contribution in [-0.2, 0) is 4.79 Å². The fourth-order valence-corrected chi connectivity index (χ4v) is 1.96. The summed E-state index contributed by atoms with van der Waals surface area (Å²) in [6.45, 7) is 4.61. The molecule has 0 aromatic rings. The summed E-state index contributed by atoms with van der Waals surface area (Å²) in [5.74, 6) is 0.0888. The van der Waals surface area contributed by atoms with Crippen LogP contribution in [0.15, 0.2) is 0 Å². The van der Waals surface area contributed by atoms with Crippen molar-refractivity contribution in [2.45, 2.75) is 32.2 Å². The van der Waals surface area contributed by atoms with E-state index in [4.69, 9.17) is 0 Å². The number of carbonyl (C=O) groups excluding carboxylic acids is 1. The summed E-state index contributed by atoms with van der Waals surface area (Å²) in [6, 6.07) is -0.329. The second-order valence-electron chi connectivity index (χ2n) is 4.21. The van der Waals surface area contributed by atoms with Crippen molar-refractivity contribution in [3.63, 3.8) is 0 Å². The third kappa shape index (κ3) is 3.18. The van der Waals surface area contributed by atoms with Gasteiger partial charge >= 0.3 is 0 Å². The zero-order valence-corrected chi connectivity index (χ0v) is 9.78. The predicted octanol–water partition coefficient (Wildman–Crippen LogP) is 0.312. The Hall–Kier alpha value is -0.610. The van der Waals surface area contributed by atoms with Gasteiger partial charge < -0.3 is 10.0 Å². The van der Waals surface area contributed by atoms with Gasteiger partial charge in [-0.3, -0.25) is 9.69 Å². The first kappa shape index (κ1) is 12.5. The maximum Gasteiger partial charge on any atom is 0.242 e. The van der Waals surface area contributed by atoms with Crippen molar-refractivity contribution in [1.29, 1.82) is 0 Å². The van der Waals surface area contributed by atoms with Crippen molar-refractivity contribution >= 4 is 5.91 Å². The lowest BCUT2D eigenvalue weighted by Gasteiger charge is -2.26. The number of carbonyl (C=O) groups is 1. The Kier molecular flexibility index (Phi) is 5.05. The number of unbranched alkanes of at least 4 members (excludes halogenated alkanes) is 1. The molecule has 0 bridgehead atoms. The molecule has 0 aromatic carbocycles. The molecule has 1 rings (SSSR count). The minimum atomic E-state index is -0.329. The molecule has 1 aliphatic heterocycles. The normalized spacial score (nSPS) is 24.3. The number of aliphatic hydroxyl groups excluding tert-OH is 1. The van der Waals surface area contributed by atoms with Crippen LogP contribution >= 0.6 is 0 Å². The van der Waals surface area contributed by atoms with E-state index < -0.39 is 0 Å². The van der Waals surface area contributed by atoms with Crippen molar-refractivity contribution in [1.82, 2.24) is 9.80 Å². The van der Waals surface area contributed by atoms with Crippen LogP contribution < -0.4 is 0 Å². The van der Waals surface area contributed by atoms with Crippen LogP contribution in [0.1, 0.15) is 26.2 Å². The van der Waals surface area contributed by atoms with Crippen LogP contribution in [0.25, 0.3) is 0 Å². The highest BCUT2D eigenvalue weighted by atomic mass is 16.3. The molecule has 1 unspecified atom stereocenters. The van der Waals surface area contributed by atoms with E-state index in [0.29, 0.717) is 0 Å². The Balaban J connectivity index is 2.60. The lowest BCUT2D eigenvalue weighted by atomic mass is 10.2. The average Bonchev–Trinajstić information content (AvgIpc) is 2.35. The average molecular weight is 214 g/mol. The maximum absolute atomic E-state index is 12.0. The number of likely N-dealkylation sites (N-methyl/N-ethyl adjacent to an activating group) is 1. The molecule has 1 aliphatic rings. The van der Waals surface area contributed by atoms with Gasteiger partial charge in [0.25, 0.3) is 0 Å². The molecule has 1 fully saturated rings. The lowest BCUT2D eigenvalue weighted by Crippen LogP contribution is -2.46. The number of amides is 1. The molecule has 1 saturated heterocycles. The first-order valence-electron chi connectivity index (χ1n) is 5.80. The van der Waals surface area contributed by atoms with Gasteiger partial charge in [0.15, 0.2) is 0 Å². The molecule has 1 atom stereocenters. The van der Waals surface area contributed by atoms with Gasteiger partial charge in [-0.05, 0) is 19.9 Å². The van der Waals surface area contributed by atoms with Crippen LogP contribution in [0, 0.1) is 0 Å². The Bertz CT molecular complexity index is 207. The molecular weight excluding hydrogens is 192 g/mol. The van der Waals surface area contributed by atoms with Gasteiger partial charge in [-0.1, -0.05) is 13.3 Å². The summed E-state index contributed by atoms with van der Waals surface area (Å²) in [4.78, 5) is 15.9. The van der Waals surface area contributed by atoms with Gasteiger partial charge in [-0.25, -0.2) is 0 Å². The second kappa shape index (κ2) is 6.08. The van der Waals surface area contributed by atoms with E-state index in [9.17, 15) is 9.90 Å². The first-order valence-corrected chi connectivity index (χ1v) is 5.80. The molecule has 4 heteroatoms. The van der Waals surface area contributed by atoms with E-state index in [1.165, 1.54) is 0 Å². The van der Waals surface area contributed by atoms with E-state index in [1.54, 1.807) is 0 Å². The van der Waals surface area contributed by atoms with E-state index in [1.807, 2.05) is 16.8 Å². The summed E-state index contributed by atoms with van der Waals surface area (Å²) >= 11 is 0. The summed E-state index contributed by atoms with van der Waals surface area (Å²) < 4.78 is 0. The molecular formula is C11H22N2O2. The highest BCUT2D eigenvalue weighted by Gasteiger charge is 2.29. The maximum atomic E-state index is 12.0. The van der Waals surface area contributed by atoms with Gasteiger partial charge in [0.1, 0.15) is 6.04 Å². The minimum Gasteiger partial charge on any atom is -0.394 e. The molecule has 0 spiro atoms. The zero-order chi connectivity index (χ0) is 11.3. The van der Waals surface area contributed by atoms with E-state index in [2.05, 4.69) is 6.92 Å². The Labute approximate surface area is 91.9 Å². The first-order chi connectivity index (χ1) is 7.20. The quantitative estimate of drug-likeness (QED) is 0.732. The molecule has 1 amide bonds. The topological polar surface area (TPSA) is 43.8 Å². The molecule has 1 heterocycles. The molecule has 0 saturated carbocycles. The molecule has 0 radical (unpaired) electrons. The number of rotatable bonds is 4. The summed E-state index contributed by atoms with van der Waals surface area (Å²) in [6.07, 6.45) is 3.15. The van der Waals surface area contributed by atoms with Crippen molar-refractivity contribution in [3.8, 4) is 0 Å². The van der Waals surface area contributed by atoms with Gasteiger partial charge in [-0.2, -0.15) is 0 Å². The number of hydrogen-bond acceptors (Lipinski definition) is 3. The summed E-state index contributed by atoms with van der Waals surface area (Å²) in [5, 5.41) is 9.21. The number of hydrogen-bond donors (Lipinski definition) is 1. The van der Waals surface area contributed by atoms with Crippen LogP contribution in [0.2, 0.25) is 0 Å². The van der Waals surface area contributed by atoms with Crippen molar-refractivity contribution in [3.05, 3.63) is 0 Å². The number of nitrogens with zero attached hydrogens (tertiary/aromatic N) is 2. The van der Waals surface area contributed by atoms with E-state index in [-0.39, 0.29) is 18.6 Å². The third-order valence-corrected chi connectivity index (χ3v) is 3.02. The van der Waals surface area contributed by atoms with Gasteiger partial charge in [0, 0.05) is 19.6 Å². The smallest absolute Gasteiger partial charge is 0.242 e. The van der Waals surface area contributed by atoms with Gasteiger partial charge in [0.2, 0.25) is 5.91 Å². The van der Waals surface area contributed by atoms with Crippen LogP contribution in [0.4, 0.5) is 0 Å². The molecule has 15 heavy (non-hydrogen) atoms. The van der Waals surface area contributed by atoms with Gasteiger partial charge in [0.05, 0.1) is 6.61 Å². The van der Waals surface area contributed by atoms with Crippen molar-refractivity contribution in [2.24, 2.45) is 0 Å². The Morgan fingerprint density at radius 1 is 1.47 bits per heavy atom. The summed E-state index contributed by atoms with van der Waals surface area (Å²) in [5.41, 5.74) is 0. The highest BCUT2D eigenvalue weighted by Crippen LogP contribution is 2.10. The zero-order valence-electron chi connectivity index (χ0n) is 9.78. The largest absolute Gasteiger partial charge is 0.394 e. The Morgan fingerprint density at radius 2 is 2.20 bits per heavy atom. The fourth-order valence-electron chi connectivity index (χ4n) is 1.96. The van der Waals surface area contributed by atoms with Crippen molar-refractivity contribution < 1.29 is 9.90 Å². The number of aliphatic hydroxyl groups is 1. The highest BCUT2D eigenvalue weighted by molar-refractivity contribution is 5.82. The van der Waals surface area contributed by atoms with Crippen LogP contribution in [-0.4, -0.2) is 60.1 Å². The van der Waals surface area contributed by atoms with E-state index in [0.717, 1.165) is 38.9 Å². The molecule has 1 N–H and O–H groups in total. The third-order valence-electron chi connectivity index (χ3n) is 3.02. The van der Waals surface area contributed by atoms with Gasteiger partial charge in [-0.15, -0.1) is 0 Å². The van der Waals surface area contributed by atoms with Crippen molar-refractivity contribution in [2.75, 3.05) is 33.3 Å². The lowest BCUT2D eigenvalue weighted by molar-refractivity contribution is -0.136. The molecule has 0 aliphatic carbocycles. The summed E-state index contributed by atoms with van der Waals surface area (Å²) in [7, 11) is 1.90. The van der Waals surface area contributed by atoms with E-state index >= 15 is 0 Å². The monoisotopic (exact) mass is 214 g/mol. The van der Waals surface area contributed by atoms with Crippen LogP contribution in [0.3, 0.4) is 0 Å². The minimum absolute atomic E-state index is 0.0715. The second-order valence-corrected chi connectivity index (χ2v) is 4.21.